The van der Waals surface area contributed by atoms with Crippen LogP contribution in [-0.2, 0) is 14.3 Å². The molecule has 0 bridgehead atoms. The highest BCUT2D eigenvalue weighted by Crippen LogP contribution is 2.43. The Kier molecular flexibility index (Phi) is 5.38. The Bertz CT molecular complexity index is 806. The molecule has 3 fully saturated rings. The van der Waals surface area contributed by atoms with Gasteiger partial charge in [-0.2, -0.15) is 0 Å². The molecule has 1 aromatic rings. The number of benzene rings is 1. The van der Waals surface area contributed by atoms with Crippen molar-refractivity contribution in [1.82, 2.24) is 9.80 Å². The quantitative estimate of drug-likeness (QED) is 0.789. The normalized spacial score (nSPS) is 26.6. The van der Waals surface area contributed by atoms with Crippen molar-refractivity contribution in [3.05, 3.63) is 35.4 Å². The van der Waals surface area contributed by atoms with Crippen molar-refractivity contribution in [2.45, 2.75) is 37.3 Å². The zero-order valence-electron chi connectivity index (χ0n) is 16.1. The van der Waals surface area contributed by atoms with E-state index in [1.807, 2.05) is 24.3 Å². The molecule has 3 atom stereocenters. The molecule has 0 radical (unpaired) electrons. The largest absolute Gasteiger partial charge is 0.394 e. The van der Waals surface area contributed by atoms with E-state index in [0.717, 1.165) is 30.4 Å². The first-order chi connectivity index (χ1) is 13.6. The smallest absolute Gasteiger partial charge is 0.242 e. The van der Waals surface area contributed by atoms with E-state index in [1.165, 1.54) is 0 Å². The van der Waals surface area contributed by atoms with Gasteiger partial charge in [0.25, 0.3) is 0 Å². The maximum Gasteiger partial charge on any atom is 0.242 e. The third-order valence-corrected chi connectivity index (χ3v) is 6.26. The molecular weight excluding hydrogens is 356 g/mol. The van der Waals surface area contributed by atoms with Gasteiger partial charge in [-0.3, -0.25) is 9.59 Å². The number of carbonyl (C=O) groups is 2. The van der Waals surface area contributed by atoms with E-state index >= 15 is 0 Å². The minimum absolute atomic E-state index is 0.0342. The third kappa shape index (κ3) is 3.30. The van der Waals surface area contributed by atoms with Crippen LogP contribution in [0.1, 0.15) is 36.3 Å². The molecule has 148 valence electrons. The van der Waals surface area contributed by atoms with Crippen LogP contribution in [0.15, 0.2) is 24.3 Å². The van der Waals surface area contributed by atoms with Crippen molar-refractivity contribution in [2.75, 3.05) is 33.4 Å². The number of ether oxygens (including phenoxy) is 1. The Morgan fingerprint density at radius 1 is 1.29 bits per heavy atom. The number of piperazine rings is 1. The Balaban J connectivity index is 1.51. The first-order valence-corrected chi connectivity index (χ1v) is 9.92. The monoisotopic (exact) mass is 382 g/mol. The summed E-state index contributed by atoms with van der Waals surface area (Å²) in [5.41, 5.74) is 1.97. The van der Waals surface area contributed by atoms with Crippen LogP contribution in [0.3, 0.4) is 0 Å². The summed E-state index contributed by atoms with van der Waals surface area (Å²) in [4.78, 5) is 28.8. The van der Waals surface area contributed by atoms with Crippen LogP contribution in [0, 0.1) is 17.8 Å². The first-order valence-electron chi connectivity index (χ1n) is 9.92. The fraction of sp³-hybridized carbons (Fsp3) is 0.545. The molecule has 6 nitrogen and oxygen atoms in total. The highest BCUT2D eigenvalue weighted by Gasteiger charge is 2.54. The molecule has 1 N–H and O–H groups in total. The molecule has 4 rings (SSSR count). The standard InChI is InChI=1S/C22H26N2O4/c1-28-11-3-4-15-7-9-16(10-8-15)21-18-12-23(22(27)17-5-2-6-17)13-20(26)24(18)19(21)14-25/h7-10,17-19,21,25H,2,5-6,11-14H2,1H3/t18-,19+,21-/m0/s1. The van der Waals surface area contributed by atoms with Gasteiger partial charge >= 0.3 is 0 Å². The van der Waals surface area contributed by atoms with E-state index in [4.69, 9.17) is 4.74 Å². The highest BCUT2D eigenvalue weighted by atomic mass is 16.5. The number of aliphatic hydroxyl groups excluding tert-OH is 1. The fourth-order valence-electron chi connectivity index (χ4n) is 4.58. The van der Waals surface area contributed by atoms with E-state index in [0.29, 0.717) is 13.2 Å². The van der Waals surface area contributed by atoms with Crippen molar-refractivity contribution in [1.29, 1.82) is 0 Å². The molecule has 0 aromatic heterocycles. The Labute approximate surface area is 165 Å². The number of rotatable bonds is 4. The summed E-state index contributed by atoms with van der Waals surface area (Å²) in [5.74, 6) is 6.16. The van der Waals surface area contributed by atoms with Gasteiger partial charge in [0.1, 0.15) is 6.61 Å². The maximum absolute atomic E-state index is 12.6. The van der Waals surface area contributed by atoms with E-state index in [9.17, 15) is 14.7 Å². The molecule has 3 aliphatic rings. The number of carbonyl (C=O) groups excluding carboxylic acids is 2. The van der Waals surface area contributed by atoms with Crippen LogP contribution in [-0.4, -0.2) is 72.2 Å². The summed E-state index contributed by atoms with van der Waals surface area (Å²) in [6, 6.07) is 7.66. The molecule has 6 heteroatoms. The van der Waals surface area contributed by atoms with Gasteiger partial charge in [-0.05, 0) is 30.5 Å². The lowest BCUT2D eigenvalue weighted by Gasteiger charge is -2.59. The fourth-order valence-corrected chi connectivity index (χ4v) is 4.58. The van der Waals surface area contributed by atoms with E-state index in [1.54, 1.807) is 16.9 Å². The first kappa shape index (κ1) is 19.0. The van der Waals surface area contributed by atoms with Crippen LogP contribution >= 0.6 is 0 Å². The number of hydrogen-bond acceptors (Lipinski definition) is 4. The summed E-state index contributed by atoms with van der Waals surface area (Å²) in [6.45, 7) is 1.01. The van der Waals surface area contributed by atoms with Crippen LogP contribution in [0.5, 0.6) is 0 Å². The minimum atomic E-state index is -0.219. The van der Waals surface area contributed by atoms with Gasteiger partial charge in [0.05, 0.1) is 25.2 Å². The topological polar surface area (TPSA) is 70.1 Å². The highest BCUT2D eigenvalue weighted by molar-refractivity contribution is 5.89. The number of fused-ring (bicyclic) bond motifs is 1. The van der Waals surface area contributed by atoms with Crippen molar-refractivity contribution >= 4 is 11.8 Å². The summed E-state index contributed by atoms with van der Waals surface area (Å²) >= 11 is 0. The van der Waals surface area contributed by atoms with Gasteiger partial charge in [-0.25, -0.2) is 0 Å². The number of methoxy groups -OCH3 is 1. The lowest BCUT2D eigenvalue weighted by atomic mass is 9.73. The predicted octanol–water partition coefficient (Wildman–Crippen LogP) is 0.982. The van der Waals surface area contributed by atoms with Gasteiger partial charge in [0.2, 0.25) is 11.8 Å². The second-order valence-electron chi connectivity index (χ2n) is 7.85. The SMILES string of the molecule is COCC#Cc1ccc([C@@H]2[C@@H](CO)N3C(=O)CN(C(=O)C4CCC4)C[C@@H]23)cc1. The van der Waals surface area contributed by atoms with Crippen molar-refractivity contribution in [3.8, 4) is 11.8 Å². The van der Waals surface area contributed by atoms with Crippen LogP contribution < -0.4 is 0 Å². The molecule has 1 aliphatic carbocycles. The van der Waals surface area contributed by atoms with Gasteiger partial charge in [0.15, 0.2) is 0 Å². The van der Waals surface area contributed by atoms with Crippen LogP contribution in [0.4, 0.5) is 0 Å². The summed E-state index contributed by atoms with van der Waals surface area (Å²) in [5, 5.41) is 9.87. The van der Waals surface area contributed by atoms with E-state index in [-0.39, 0.29) is 48.9 Å². The third-order valence-electron chi connectivity index (χ3n) is 6.26. The summed E-state index contributed by atoms with van der Waals surface area (Å²) < 4.78 is 4.94. The molecule has 2 saturated heterocycles. The molecular formula is C22H26N2O4. The molecule has 2 heterocycles. The van der Waals surface area contributed by atoms with Crippen LogP contribution in [0.2, 0.25) is 0 Å². The lowest BCUT2D eigenvalue weighted by Crippen LogP contribution is -2.73. The van der Waals surface area contributed by atoms with Crippen molar-refractivity contribution in [2.24, 2.45) is 5.92 Å². The van der Waals surface area contributed by atoms with E-state index < -0.39 is 0 Å². The van der Waals surface area contributed by atoms with Gasteiger partial charge in [-0.1, -0.05) is 30.4 Å². The molecule has 0 spiro atoms. The van der Waals surface area contributed by atoms with Crippen LogP contribution in [0.25, 0.3) is 0 Å². The van der Waals surface area contributed by atoms with Gasteiger partial charge < -0.3 is 19.6 Å². The number of amides is 2. The second-order valence-corrected chi connectivity index (χ2v) is 7.85. The number of hydrogen-bond donors (Lipinski definition) is 1. The van der Waals surface area contributed by atoms with Gasteiger partial charge in [0, 0.05) is 31.1 Å². The molecule has 1 saturated carbocycles. The van der Waals surface area contributed by atoms with Crippen molar-refractivity contribution in [3.63, 3.8) is 0 Å². The van der Waals surface area contributed by atoms with Gasteiger partial charge in [-0.15, -0.1) is 0 Å². The Morgan fingerprint density at radius 3 is 2.64 bits per heavy atom. The molecule has 28 heavy (non-hydrogen) atoms. The molecule has 2 amide bonds. The Hall–Kier alpha value is -2.36. The average Bonchev–Trinajstić information content (AvgIpc) is 2.63. The lowest BCUT2D eigenvalue weighted by molar-refractivity contribution is -0.169. The Morgan fingerprint density at radius 2 is 2.04 bits per heavy atom. The van der Waals surface area contributed by atoms with Crippen molar-refractivity contribution < 1.29 is 19.4 Å². The molecule has 1 aromatic carbocycles. The summed E-state index contributed by atoms with van der Waals surface area (Å²) in [6.07, 6.45) is 2.97. The zero-order valence-corrected chi connectivity index (χ0v) is 16.1. The summed E-state index contributed by atoms with van der Waals surface area (Å²) in [7, 11) is 1.61. The minimum Gasteiger partial charge on any atom is -0.394 e. The number of nitrogens with zero attached hydrogens (tertiary/aromatic N) is 2. The maximum atomic E-state index is 12.6. The second kappa shape index (κ2) is 7.94. The van der Waals surface area contributed by atoms with E-state index in [2.05, 4.69) is 11.8 Å². The molecule has 2 aliphatic heterocycles. The zero-order chi connectivity index (χ0) is 19.7. The average molecular weight is 382 g/mol. The number of aliphatic hydroxyl groups is 1. The molecule has 0 unspecified atom stereocenters. The predicted molar refractivity (Wildman–Crippen MR) is 103 cm³/mol.